The van der Waals surface area contributed by atoms with Gasteiger partial charge in [-0.3, -0.25) is 4.79 Å². The number of benzene rings is 1. The molecule has 2 aliphatic rings. The van der Waals surface area contributed by atoms with Crippen LogP contribution >= 0.6 is 0 Å². The molecule has 0 spiro atoms. The fraction of sp³-hybridized carbons (Fsp3) is 0.650. The molecule has 2 aliphatic carbocycles. The van der Waals surface area contributed by atoms with Gasteiger partial charge in [-0.2, -0.15) is 13.2 Å². The summed E-state index contributed by atoms with van der Waals surface area (Å²) in [7, 11) is -3.80. The zero-order valence-corrected chi connectivity index (χ0v) is 16.5. The number of halogens is 3. The van der Waals surface area contributed by atoms with Crippen LogP contribution in [0.1, 0.15) is 56.9 Å². The van der Waals surface area contributed by atoms with E-state index in [-0.39, 0.29) is 23.3 Å². The number of nitrogens with one attached hydrogen (secondary N) is 1. The van der Waals surface area contributed by atoms with Crippen LogP contribution in [-0.4, -0.2) is 32.0 Å². The Labute approximate surface area is 163 Å². The maximum atomic E-state index is 12.8. The van der Waals surface area contributed by atoms with Gasteiger partial charge in [-0.15, -0.1) is 0 Å². The summed E-state index contributed by atoms with van der Waals surface area (Å²) in [6.07, 6.45) is 2.45. The van der Waals surface area contributed by atoms with Crippen molar-refractivity contribution in [2.45, 2.75) is 73.7 Å². The highest BCUT2D eigenvalue weighted by molar-refractivity contribution is 7.92. The average molecular weight is 417 g/mol. The van der Waals surface area contributed by atoms with Crippen LogP contribution in [0, 0.1) is 5.92 Å². The fourth-order valence-corrected chi connectivity index (χ4v) is 5.99. The minimum absolute atomic E-state index is 0.0825. The van der Waals surface area contributed by atoms with Gasteiger partial charge in [0, 0.05) is 12.5 Å². The van der Waals surface area contributed by atoms with Gasteiger partial charge in [0.25, 0.3) is 0 Å². The number of alkyl halides is 3. The summed E-state index contributed by atoms with van der Waals surface area (Å²) in [6.45, 7) is 0.234. The molecule has 1 N–H and O–H groups in total. The van der Waals surface area contributed by atoms with E-state index < -0.39 is 26.8 Å². The van der Waals surface area contributed by atoms with Gasteiger partial charge in [-0.05, 0) is 37.0 Å². The van der Waals surface area contributed by atoms with E-state index in [4.69, 9.17) is 0 Å². The Balaban J connectivity index is 1.48. The van der Waals surface area contributed by atoms with Gasteiger partial charge in [0.15, 0.2) is 9.84 Å². The van der Waals surface area contributed by atoms with Crippen molar-refractivity contribution in [1.29, 1.82) is 0 Å². The minimum atomic E-state index is -4.58. The van der Waals surface area contributed by atoms with Crippen molar-refractivity contribution in [3.63, 3.8) is 0 Å². The first-order valence-electron chi connectivity index (χ1n) is 9.82. The van der Waals surface area contributed by atoms with E-state index in [1.165, 1.54) is 25.3 Å². The zero-order chi connectivity index (χ0) is 20.4. The van der Waals surface area contributed by atoms with Crippen molar-refractivity contribution in [3.05, 3.63) is 29.8 Å². The predicted octanol–water partition coefficient (Wildman–Crippen LogP) is 4.14. The third-order valence-corrected chi connectivity index (χ3v) is 8.03. The Morgan fingerprint density at radius 2 is 1.79 bits per heavy atom. The van der Waals surface area contributed by atoms with E-state index in [1.807, 2.05) is 0 Å². The molecule has 2 saturated carbocycles. The lowest BCUT2D eigenvalue weighted by atomic mass is 9.85. The van der Waals surface area contributed by atoms with Crippen molar-refractivity contribution < 1.29 is 26.4 Å². The van der Waals surface area contributed by atoms with E-state index in [0.29, 0.717) is 31.2 Å². The van der Waals surface area contributed by atoms with Crippen LogP contribution in [0.3, 0.4) is 0 Å². The van der Waals surface area contributed by atoms with Crippen LogP contribution in [-0.2, 0) is 20.8 Å². The van der Waals surface area contributed by atoms with Gasteiger partial charge in [0.05, 0.1) is 22.3 Å². The molecule has 2 fully saturated rings. The Kier molecular flexibility index (Phi) is 6.49. The second kappa shape index (κ2) is 8.53. The number of Topliss-reactive ketones (excluding diaryl/α,β-unsaturated/α-hetero) is 1. The molecular weight excluding hydrogens is 391 g/mol. The van der Waals surface area contributed by atoms with Crippen molar-refractivity contribution >= 4 is 15.6 Å². The SMILES string of the molecule is O=C(CNC1CC(S(=O)(=O)c2cccc(C(F)(F)F)c2)C1)CC1CCCCC1. The quantitative estimate of drug-likeness (QED) is 0.724. The summed E-state index contributed by atoms with van der Waals surface area (Å²) < 4.78 is 63.6. The lowest BCUT2D eigenvalue weighted by Crippen LogP contribution is -2.49. The number of ketones is 1. The van der Waals surface area contributed by atoms with Crippen molar-refractivity contribution in [2.75, 3.05) is 6.54 Å². The molecule has 0 unspecified atom stereocenters. The monoisotopic (exact) mass is 417 g/mol. The van der Waals surface area contributed by atoms with Crippen LogP contribution in [0.15, 0.2) is 29.2 Å². The molecule has 0 bridgehead atoms. The maximum Gasteiger partial charge on any atom is 0.416 e. The molecule has 4 nitrogen and oxygen atoms in total. The van der Waals surface area contributed by atoms with Crippen LogP contribution in [0.25, 0.3) is 0 Å². The Morgan fingerprint density at radius 1 is 1.11 bits per heavy atom. The second-order valence-corrected chi connectivity index (χ2v) is 10.2. The molecule has 1 aromatic carbocycles. The Hall–Kier alpha value is -1.41. The third kappa shape index (κ3) is 5.14. The molecule has 0 aliphatic heterocycles. The van der Waals surface area contributed by atoms with Crippen molar-refractivity contribution in [1.82, 2.24) is 5.32 Å². The number of hydrogen-bond acceptors (Lipinski definition) is 4. The summed E-state index contributed by atoms with van der Waals surface area (Å²) >= 11 is 0. The van der Waals surface area contributed by atoms with Crippen LogP contribution in [0.5, 0.6) is 0 Å². The molecule has 28 heavy (non-hydrogen) atoms. The van der Waals surface area contributed by atoms with Crippen LogP contribution in [0.2, 0.25) is 0 Å². The first-order valence-corrected chi connectivity index (χ1v) is 11.4. The smallest absolute Gasteiger partial charge is 0.307 e. The number of carbonyl (C=O) groups is 1. The van der Waals surface area contributed by atoms with Crippen molar-refractivity contribution in [3.8, 4) is 0 Å². The van der Waals surface area contributed by atoms with Crippen molar-refractivity contribution in [2.24, 2.45) is 5.92 Å². The largest absolute Gasteiger partial charge is 0.416 e. The fourth-order valence-electron chi connectivity index (χ4n) is 4.07. The number of carbonyl (C=O) groups excluding carboxylic acids is 1. The maximum absolute atomic E-state index is 12.8. The predicted molar refractivity (Wildman–Crippen MR) is 99.6 cm³/mol. The first-order chi connectivity index (χ1) is 13.2. The van der Waals surface area contributed by atoms with E-state index >= 15 is 0 Å². The molecule has 156 valence electrons. The summed E-state index contributed by atoms with van der Waals surface area (Å²) in [5.41, 5.74) is -0.962. The molecule has 0 radical (unpaired) electrons. The highest BCUT2D eigenvalue weighted by atomic mass is 32.2. The van der Waals surface area contributed by atoms with Crippen LogP contribution in [0.4, 0.5) is 13.2 Å². The number of sulfone groups is 1. The Bertz CT molecular complexity index is 795. The summed E-state index contributed by atoms with van der Waals surface area (Å²) in [5, 5.41) is 2.40. The second-order valence-electron chi connectivity index (χ2n) is 7.99. The highest BCUT2D eigenvalue weighted by Crippen LogP contribution is 2.35. The van der Waals surface area contributed by atoms with Gasteiger partial charge >= 0.3 is 6.18 Å². The normalized spacial score (nSPS) is 24.0. The van der Waals surface area contributed by atoms with Crippen LogP contribution < -0.4 is 5.32 Å². The van der Waals surface area contributed by atoms with E-state index in [9.17, 15) is 26.4 Å². The molecule has 0 heterocycles. The number of rotatable bonds is 7. The van der Waals surface area contributed by atoms with Gasteiger partial charge in [0.1, 0.15) is 5.78 Å². The average Bonchev–Trinajstić information content (AvgIpc) is 2.60. The Morgan fingerprint density at radius 3 is 2.43 bits per heavy atom. The van der Waals surface area contributed by atoms with Gasteiger partial charge in [-0.1, -0.05) is 38.2 Å². The third-order valence-electron chi connectivity index (χ3n) is 5.85. The summed E-state index contributed by atoms with van der Waals surface area (Å²) in [4.78, 5) is 11.8. The molecule has 0 aromatic heterocycles. The van der Waals surface area contributed by atoms with E-state index in [0.717, 1.165) is 25.0 Å². The molecule has 3 rings (SSSR count). The minimum Gasteiger partial charge on any atom is -0.307 e. The van der Waals surface area contributed by atoms with E-state index in [2.05, 4.69) is 5.32 Å². The summed E-state index contributed by atoms with van der Waals surface area (Å²) in [5.74, 6) is 0.620. The van der Waals surface area contributed by atoms with E-state index in [1.54, 1.807) is 0 Å². The topological polar surface area (TPSA) is 63.2 Å². The molecule has 8 heteroatoms. The van der Waals surface area contributed by atoms with Gasteiger partial charge in [-0.25, -0.2) is 8.42 Å². The van der Waals surface area contributed by atoms with Gasteiger partial charge in [0.2, 0.25) is 0 Å². The molecule has 0 atom stereocenters. The van der Waals surface area contributed by atoms with Gasteiger partial charge < -0.3 is 5.32 Å². The summed E-state index contributed by atoms with van der Waals surface area (Å²) in [6, 6.07) is 3.81. The molecule has 1 aromatic rings. The molecule has 0 amide bonds. The zero-order valence-electron chi connectivity index (χ0n) is 15.7. The molecular formula is C20H26F3NO3S. The number of hydrogen-bond donors (Lipinski definition) is 1. The highest BCUT2D eigenvalue weighted by Gasteiger charge is 2.40. The lowest BCUT2D eigenvalue weighted by Gasteiger charge is -2.35. The molecule has 0 saturated heterocycles. The standard InChI is InChI=1S/C20H26F3NO3S/c21-20(22,23)15-7-4-8-18(10-15)28(26,27)19-11-16(12-19)24-13-17(25)9-14-5-2-1-3-6-14/h4,7-8,10,14,16,19,24H,1-3,5-6,9,11-13H2. The lowest BCUT2D eigenvalue weighted by molar-refractivity contribution is -0.137. The first kappa shape index (κ1) is 21.3.